The van der Waals surface area contributed by atoms with Crippen LogP contribution in [0.2, 0.25) is 5.02 Å². The van der Waals surface area contributed by atoms with Gasteiger partial charge in [-0.05, 0) is 25.2 Å². The number of nitrogens with one attached hydrogen (secondary N) is 1. The maximum absolute atomic E-state index is 11.6. The average molecular weight is 242 g/mol. The number of halogens is 1. The van der Waals surface area contributed by atoms with Crippen LogP contribution < -0.4 is 10.9 Å². The fraction of sp³-hybridized carbons (Fsp3) is 0.636. The van der Waals surface area contributed by atoms with E-state index in [1.54, 1.807) is 13.2 Å². The summed E-state index contributed by atoms with van der Waals surface area (Å²) >= 11 is 5.98. The Morgan fingerprint density at radius 2 is 2.31 bits per heavy atom. The first-order valence-corrected chi connectivity index (χ1v) is 5.94. The molecule has 0 radical (unpaired) electrons. The molecule has 88 valence electrons. The Morgan fingerprint density at radius 1 is 1.56 bits per heavy atom. The van der Waals surface area contributed by atoms with E-state index in [1.807, 2.05) is 0 Å². The van der Waals surface area contributed by atoms with Crippen molar-refractivity contribution in [2.75, 3.05) is 5.32 Å². The van der Waals surface area contributed by atoms with E-state index in [0.717, 1.165) is 18.8 Å². The third-order valence-electron chi connectivity index (χ3n) is 3.13. The van der Waals surface area contributed by atoms with Gasteiger partial charge in [0.2, 0.25) is 0 Å². The zero-order valence-corrected chi connectivity index (χ0v) is 10.3. The highest BCUT2D eigenvalue weighted by Crippen LogP contribution is 2.28. The average Bonchev–Trinajstić information content (AvgIpc) is 2.65. The van der Waals surface area contributed by atoms with Gasteiger partial charge >= 0.3 is 0 Å². The normalized spacial score (nSPS) is 24.7. The van der Waals surface area contributed by atoms with E-state index in [0.29, 0.717) is 11.7 Å². The lowest BCUT2D eigenvalue weighted by atomic mass is 10.1. The molecule has 1 aromatic rings. The Bertz CT molecular complexity index is 443. The monoisotopic (exact) mass is 241 g/mol. The van der Waals surface area contributed by atoms with Crippen LogP contribution in [0.4, 0.5) is 5.69 Å². The van der Waals surface area contributed by atoms with Gasteiger partial charge in [-0.15, -0.1) is 0 Å². The Kier molecular flexibility index (Phi) is 3.19. The molecule has 0 bridgehead atoms. The van der Waals surface area contributed by atoms with Crippen LogP contribution in [0.1, 0.15) is 26.2 Å². The number of aromatic nitrogens is 2. The molecule has 1 aliphatic carbocycles. The molecule has 1 saturated carbocycles. The minimum Gasteiger partial charge on any atom is -0.380 e. The minimum absolute atomic E-state index is 0.233. The van der Waals surface area contributed by atoms with Crippen molar-refractivity contribution in [2.24, 2.45) is 13.0 Å². The molecular formula is C11H16ClN3O. The quantitative estimate of drug-likeness (QED) is 0.862. The molecule has 1 aliphatic rings. The second-order valence-corrected chi connectivity index (χ2v) is 4.94. The third-order valence-corrected chi connectivity index (χ3v) is 3.50. The van der Waals surface area contributed by atoms with Crippen LogP contribution in [-0.2, 0) is 7.05 Å². The molecule has 16 heavy (non-hydrogen) atoms. The molecule has 2 unspecified atom stereocenters. The van der Waals surface area contributed by atoms with Crippen molar-refractivity contribution < 1.29 is 0 Å². The minimum atomic E-state index is -0.252. The third kappa shape index (κ3) is 2.21. The molecule has 1 N–H and O–H groups in total. The van der Waals surface area contributed by atoms with E-state index < -0.39 is 0 Å². The van der Waals surface area contributed by atoms with Crippen LogP contribution in [-0.4, -0.2) is 15.8 Å². The van der Waals surface area contributed by atoms with Crippen LogP contribution in [0, 0.1) is 5.92 Å². The number of hydrogen-bond acceptors (Lipinski definition) is 3. The van der Waals surface area contributed by atoms with Gasteiger partial charge in [-0.2, -0.15) is 5.10 Å². The summed E-state index contributed by atoms with van der Waals surface area (Å²) < 4.78 is 1.24. The topological polar surface area (TPSA) is 46.9 Å². The molecule has 4 nitrogen and oxygen atoms in total. The van der Waals surface area contributed by atoms with Crippen LogP contribution in [0.25, 0.3) is 0 Å². The molecule has 2 atom stereocenters. The van der Waals surface area contributed by atoms with Gasteiger partial charge in [0, 0.05) is 13.1 Å². The largest absolute Gasteiger partial charge is 0.380 e. The standard InChI is InChI=1S/C11H16ClN3O/c1-7-3-4-8(5-7)14-9-6-13-15(2)11(16)10(9)12/h6-8,14H,3-5H2,1-2H3. The predicted octanol–water partition coefficient (Wildman–Crippen LogP) is 2.03. The van der Waals surface area contributed by atoms with Crippen molar-refractivity contribution in [2.45, 2.75) is 32.2 Å². The van der Waals surface area contributed by atoms with Gasteiger partial charge in [-0.25, -0.2) is 4.68 Å². The molecule has 0 aromatic carbocycles. The molecule has 5 heteroatoms. The van der Waals surface area contributed by atoms with Crippen LogP contribution in [0.5, 0.6) is 0 Å². The van der Waals surface area contributed by atoms with E-state index in [9.17, 15) is 4.79 Å². The lowest BCUT2D eigenvalue weighted by molar-refractivity contribution is 0.602. The van der Waals surface area contributed by atoms with Gasteiger partial charge in [-0.3, -0.25) is 4.79 Å². The summed E-state index contributed by atoms with van der Waals surface area (Å²) in [5, 5.41) is 7.49. The van der Waals surface area contributed by atoms with Crippen molar-refractivity contribution in [3.8, 4) is 0 Å². The Balaban J connectivity index is 2.16. The Labute approximate surface area is 99.6 Å². The van der Waals surface area contributed by atoms with Crippen molar-refractivity contribution >= 4 is 17.3 Å². The summed E-state index contributed by atoms with van der Waals surface area (Å²) in [7, 11) is 1.59. The number of aryl methyl sites for hydroxylation is 1. The van der Waals surface area contributed by atoms with Crippen LogP contribution in [0.3, 0.4) is 0 Å². The molecular weight excluding hydrogens is 226 g/mol. The van der Waals surface area contributed by atoms with E-state index in [-0.39, 0.29) is 10.6 Å². The zero-order valence-electron chi connectivity index (χ0n) is 9.53. The van der Waals surface area contributed by atoms with Crippen molar-refractivity contribution in [1.29, 1.82) is 0 Å². The molecule has 0 aliphatic heterocycles. The summed E-state index contributed by atoms with van der Waals surface area (Å²) in [5.41, 5.74) is 0.404. The first-order valence-electron chi connectivity index (χ1n) is 5.56. The van der Waals surface area contributed by atoms with Gasteiger partial charge in [0.25, 0.3) is 5.56 Å². The zero-order chi connectivity index (χ0) is 11.7. The lowest BCUT2D eigenvalue weighted by Crippen LogP contribution is -2.23. The van der Waals surface area contributed by atoms with Crippen molar-refractivity contribution in [3.63, 3.8) is 0 Å². The van der Waals surface area contributed by atoms with Crippen LogP contribution >= 0.6 is 11.6 Å². The number of hydrogen-bond donors (Lipinski definition) is 1. The smallest absolute Gasteiger partial charge is 0.287 e. The molecule has 0 amide bonds. The van der Waals surface area contributed by atoms with Gasteiger partial charge in [0.15, 0.2) is 0 Å². The highest BCUT2D eigenvalue weighted by atomic mass is 35.5. The second kappa shape index (κ2) is 4.45. The SMILES string of the molecule is CC1CCC(Nc2cnn(C)c(=O)c2Cl)C1. The first-order chi connectivity index (χ1) is 7.58. The van der Waals surface area contributed by atoms with E-state index >= 15 is 0 Å². The summed E-state index contributed by atoms with van der Waals surface area (Å²) in [6.45, 7) is 2.24. The molecule has 1 aromatic heterocycles. The molecule has 2 rings (SSSR count). The second-order valence-electron chi connectivity index (χ2n) is 4.56. The number of rotatable bonds is 2. The van der Waals surface area contributed by atoms with Gasteiger partial charge in [0.1, 0.15) is 5.02 Å². The fourth-order valence-electron chi connectivity index (χ4n) is 2.17. The summed E-state index contributed by atoms with van der Waals surface area (Å²) in [4.78, 5) is 11.6. The van der Waals surface area contributed by atoms with Gasteiger partial charge in [-0.1, -0.05) is 18.5 Å². The number of anilines is 1. The Hall–Kier alpha value is -1.03. The summed E-state index contributed by atoms with van der Waals surface area (Å²) in [6.07, 6.45) is 5.11. The molecule has 0 saturated heterocycles. The fourth-order valence-corrected chi connectivity index (χ4v) is 2.40. The molecule has 0 spiro atoms. The lowest BCUT2D eigenvalue weighted by Gasteiger charge is -2.14. The van der Waals surface area contributed by atoms with Crippen LogP contribution in [0.15, 0.2) is 11.0 Å². The highest BCUT2D eigenvalue weighted by molar-refractivity contribution is 6.32. The predicted molar refractivity (Wildman–Crippen MR) is 64.9 cm³/mol. The number of nitrogens with zero attached hydrogens (tertiary/aromatic N) is 2. The van der Waals surface area contributed by atoms with E-state index in [2.05, 4.69) is 17.3 Å². The maximum atomic E-state index is 11.6. The highest BCUT2D eigenvalue weighted by Gasteiger charge is 2.22. The van der Waals surface area contributed by atoms with E-state index in [1.165, 1.54) is 11.1 Å². The van der Waals surface area contributed by atoms with Crippen molar-refractivity contribution in [1.82, 2.24) is 9.78 Å². The Morgan fingerprint density at radius 3 is 2.94 bits per heavy atom. The van der Waals surface area contributed by atoms with Crippen molar-refractivity contribution in [3.05, 3.63) is 21.6 Å². The molecule has 1 heterocycles. The van der Waals surface area contributed by atoms with Gasteiger partial charge < -0.3 is 5.32 Å². The van der Waals surface area contributed by atoms with E-state index in [4.69, 9.17) is 11.6 Å². The first kappa shape index (κ1) is 11.5. The summed E-state index contributed by atoms with van der Waals surface area (Å²) in [5.74, 6) is 0.746. The maximum Gasteiger partial charge on any atom is 0.287 e. The summed E-state index contributed by atoms with van der Waals surface area (Å²) in [6, 6.07) is 0.418. The van der Waals surface area contributed by atoms with Gasteiger partial charge in [0.05, 0.1) is 11.9 Å². The molecule has 1 fully saturated rings.